The average Bonchev–Trinajstić information content (AvgIpc) is 2.81. The Labute approximate surface area is 186 Å². The molecule has 0 aromatic heterocycles. The molecule has 7 nitrogen and oxygen atoms in total. The summed E-state index contributed by atoms with van der Waals surface area (Å²) < 4.78 is 16.0. The van der Waals surface area contributed by atoms with Crippen LogP contribution in [-0.4, -0.2) is 65.4 Å². The number of hydrogen-bond donors (Lipinski definition) is 2. The molecule has 2 aromatic carbocycles. The molecule has 4 atom stereocenters. The second kappa shape index (κ2) is 13.1. The number of benzene rings is 2. The molecular formula is C23H28O7S. The fourth-order valence-electron chi connectivity index (χ4n) is 2.86. The van der Waals surface area contributed by atoms with Crippen molar-refractivity contribution in [2.45, 2.75) is 37.1 Å². The van der Waals surface area contributed by atoms with Gasteiger partial charge in [0, 0.05) is 13.5 Å². The smallest absolute Gasteiger partial charge is 0.338 e. The molecule has 2 N–H and O–H groups in total. The van der Waals surface area contributed by atoms with Crippen molar-refractivity contribution in [3.05, 3.63) is 71.8 Å². The molecule has 2 aromatic rings. The van der Waals surface area contributed by atoms with Crippen molar-refractivity contribution < 1.29 is 34.0 Å². The fourth-order valence-corrected chi connectivity index (χ4v) is 3.68. The summed E-state index contributed by atoms with van der Waals surface area (Å²) in [5.41, 5.74) is -0.0255. The Morgan fingerprint density at radius 2 is 1.48 bits per heavy atom. The molecule has 0 radical (unpaired) electrons. The summed E-state index contributed by atoms with van der Waals surface area (Å²) in [5.74, 6) is -0.552. The van der Waals surface area contributed by atoms with Crippen LogP contribution in [0.15, 0.2) is 60.7 Å². The number of ether oxygens (including phenoxy) is 3. The van der Waals surface area contributed by atoms with E-state index in [9.17, 15) is 19.8 Å². The molecule has 2 rings (SSSR count). The van der Waals surface area contributed by atoms with Crippen molar-refractivity contribution in [2.75, 3.05) is 19.5 Å². The topological polar surface area (TPSA) is 102 Å². The highest BCUT2D eigenvalue weighted by Gasteiger charge is 2.36. The largest absolute Gasteiger partial charge is 0.462 e. The minimum Gasteiger partial charge on any atom is -0.462 e. The quantitative estimate of drug-likeness (QED) is 0.378. The van der Waals surface area contributed by atoms with E-state index in [1.165, 1.54) is 18.9 Å². The number of esters is 2. The molecule has 0 fully saturated rings. The van der Waals surface area contributed by atoms with Crippen molar-refractivity contribution in [2.24, 2.45) is 0 Å². The Morgan fingerprint density at radius 1 is 0.935 bits per heavy atom. The van der Waals surface area contributed by atoms with E-state index in [-0.39, 0.29) is 13.0 Å². The normalized spacial score (nSPS) is 14.8. The SMILES string of the molecule is CCS[C@H](OC)C(O)C(OC(=O)c1ccccc1)[C@H](O)CCOC(=O)c1ccccc1. The van der Waals surface area contributed by atoms with Crippen LogP contribution in [0.5, 0.6) is 0 Å². The molecule has 0 aliphatic heterocycles. The Bertz CT molecular complexity index is 800. The predicted molar refractivity (Wildman–Crippen MR) is 118 cm³/mol. The monoisotopic (exact) mass is 448 g/mol. The zero-order valence-electron chi connectivity index (χ0n) is 17.5. The van der Waals surface area contributed by atoms with Crippen LogP contribution in [0.25, 0.3) is 0 Å². The van der Waals surface area contributed by atoms with Gasteiger partial charge in [-0.25, -0.2) is 9.59 Å². The van der Waals surface area contributed by atoms with E-state index in [4.69, 9.17) is 14.2 Å². The third-order valence-corrected chi connectivity index (χ3v) is 5.60. The van der Waals surface area contributed by atoms with Crippen LogP contribution in [0, 0.1) is 0 Å². The number of rotatable bonds is 12. The number of thioether (sulfide) groups is 1. The summed E-state index contributed by atoms with van der Waals surface area (Å²) in [4.78, 5) is 24.6. The zero-order valence-corrected chi connectivity index (χ0v) is 18.4. The van der Waals surface area contributed by atoms with Gasteiger partial charge in [-0.2, -0.15) is 0 Å². The lowest BCUT2D eigenvalue weighted by Crippen LogP contribution is -2.47. The van der Waals surface area contributed by atoms with Crippen molar-refractivity contribution in [3.8, 4) is 0 Å². The Hall–Kier alpha value is -2.39. The number of methoxy groups -OCH3 is 1. The van der Waals surface area contributed by atoms with Gasteiger partial charge in [-0.1, -0.05) is 43.3 Å². The molecule has 8 heteroatoms. The van der Waals surface area contributed by atoms with Gasteiger partial charge in [0.15, 0.2) is 6.10 Å². The van der Waals surface area contributed by atoms with Gasteiger partial charge in [0.25, 0.3) is 0 Å². The zero-order chi connectivity index (χ0) is 22.6. The average molecular weight is 449 g/mol. The maximum absolute atomic E-state index is 12.5. The molecule has 0 bridgehead atoms. The second-order valence-electron chi connectivity index (χ2n) is 6.64. The van der Waals surface area contributed by atoms with Gasteiger partial charge in [-0.05, 0) is 30.0 Å². The first-order chi connectivity index (χ1) is 15.0. The van der Waals surface area contributed by atoms with Gasteiger partial charge in [0.2, 0.25) is 0 Å². The van der Waals surface area contributed by atoms with Crippen LogP contribution in [0.4, 0.5) is 0 Å². The van der Waals surface area contributed by atoms with Gasteiger partial charge in [0.05, 0.1) is 23.8 Å². The molecule has 2 unspecified atom stereocenters. The highest BCUT2D eigenvalue weighted by Crippen LogP contribution is 2.23. The molecule has 0 saturated heterocycles. The molecule has 0 aliphatic carbocycles. The van der Waals surface area contributed by atoms with Crippen molar-refractivity contribution >= 4 is 23.7 Å². The number of hydrogen-bond acceptors (Lipinski definition) is 8. The van der Waals surface area contributed by atoms with E-state index >= 15 is 0 Å². The standard InChI is InChI=1S/C23H28O7S/c1-3-31-23(28-2)19(25)20(30-22(27)17-12-8-5-9-13-17)18(24)14-15-29-21(26)16-10-6-4-7-11-16/h4-13,18-20,23-25H,3,14-15H2,1-2H3/t18-,19?,20?,23+/m1/s1. The molecular weight excluding hydrogens is 420 g/mol. The third-order valence-electron chi connectivity index (χ3n) is 4.47. The van der Waals surface area contributed by atoms with Gasteiger partial charge in [-0.3, -0.25) is 0 Å². The van der Waals surface area contributed by atoms with Gasteiger partial charge in [0.1, 0.15) is 11.5 Å². The van der Waals surface area contributed by atoms with Crippen LogP contribution >= 0.6 is 11.8 Å². The lowest BCUT2D eigenvalue weighted by molar-refractivity contribution is -0.104. The van der Waals surface area contributed by atoms with Crippen molar-refractivity contribution in [1.82, 2.24) is 0 Å². The van der Waals surface area contributed by atoms with Crippen LogP contribution in [0.2, 0.25) is 0 Å². The van der Waals surface area contributed by atoms with Gasteiger partial charge < -0.3 is 24.4 Å². The Balaban J connectivity index is 2.05. The van der Waals surface area contributed by atoms with Crippen LogP contribution in [0.3, 0.4) is 0 Å². The first-order valence-electron chi connectivity index (χ1n) is 9.96. The maximum atomic E-state index is 12.5. The van der Waals surface area contributed by atoms with E-state index < -0.39 is 35.7 Å². The summed E-state index contributed by atoms with van der Waals surface area (Å²) in [7, 11) is 1.43. The number of carbonyl (C=O) groups is 2. The minimum atomic E-state index is -1.29. The Kier molecular flexibility index (Phi) is 10.5. The number of aliphatic hydroxyl groups is 2. The maximum Gasteiger partial charge on any atom is 0.338 e. The van der Waals surface area contributed by atoms with Crippen LogP contribution < -0.4 is 0 Å². The lowest BCUT2D eigenvalue weighted by Gasteiger charge is -2.31. The molecule has 168 valence electrons. The number of aliphatic hydroxyl groups excluding tert-OH is 2. The highest BCUT2D eigenvalue weighted by atomic mass is 32.2. The minimum absolute atomic E-state index is 0.0321. The van der Waals surface area contributed by atoms with Crippen molar-refractivity contribution in [1.29, 1.82) is 0 Å². The second-order valence-corrected chi connectivity index (χ2v) is 8.02. The summed E-state index contributed by atoms with van der Waals surface area (Å²) >= 11 is 1.32. The van der Waals surface area contributed by atoms with E-state index in [1.54, 1.807) is 60.7 Å². The first kappa shape index (κ1) is 24.9. The number of carbonyl (C=O) groups excluding carboxylic acids is 2. The summed E-state index contributed by atoms with van der Waals surface area (Å²) in [6.45, 7) is 1.79. The first-order valence-corrected chi connectivity index (χ1v) is 11.0. The molecule has 0 heterocycles. The van der Waals surface area contributed by atoms with E-state index in [0.717, 1.165) is 0 Å². The fraction of sp³-hybridized carbons (Fsp3) is 0.391. The molecule has 0 aliphatic rings. The van der Waals surface area contributed by atoms with Crippen LogP contribution in [-0.2, 0) is 14.2 Å². The highest BCUT2D eigenvalue weighted by molar-refractivity contribution is 7.99. The Morgan fingerprint density at radius 3 is 2.00 bits per heavy atom. The van der Waals surface area contributed by atoms with Crippen molar-refractivity contribution in [3.63, 3.8) is 0 Å². The molecule has 0 amide bonds. The van der Waals surface area contributed by atoms with E-state index in [1.807, 2.05) is 6.92 Å². The summed E-state index contributed by atoms with van der Waals surface area (Å²) in [6, 6.07) is 16.8. The lowest BCUT2D eigenvalue weighted by atomic mass is 10.1. The molecule has 31 heavy (non-hydrogen) atoms. The third kappa shape index (κ3) is 7.66. The van der Waals surface area contributed by atoms with E-state index in [2.05, 4.69) is 0 Å². The molecule has 0 spiro atoms. The van der Waals surface area contributed by atoms with Crippen LogP contribution in [0.1, 0.15) is 34.1 Å². The summed E-state index contributed by atoms with van der Waals surface area (Å²) in [5, 5.41) is 21.4. The van der Waals surface area contributed by atoms with Gasteiger partial charge in [-0.15, -0.1) is 11.8 Å². The molecule has 0 saturated carbocycles. The van der Waals surface area contributed by atoms with Gasteiger partial charge >= 0.3 is 11.9 Å². The predicted octanol–water partition coefficient (Wildman–Crippen LogP) is 2.91. The summed E-state index contributed by atoms with van der Waals surface area (Å²) in [6.07, 6.45) is -3.87. The van der Waals surface area contributed by atoms with E-state index in [0.29, 0.717) is 16.9 Å².